The van der Waals surface area contributed by atoms with Gasteiger partial charge in [-0.1, -0.05) is 70.2 Å². The SMILES string of the molecule is CC.CC.CC(=O)c1ccccc1OCc1ccccc1. The molecule has 2 aromatic carbocycles. The number of hydrogen-bond acceptors (Lipinski definition) is 2. The molecule has 0 bridgehead atoms. The minimum absolute atomic E-state index is 0.0219. The average Bonchev–Trinajstić information content (AvgIpc) is 2.58. The molecule has 0 unspecified atom stereocenters. The smallest absolute Gasteiger partial charge is 0.163 e. The zero-order valence-corrected chi connectivity index (χ0v) is 13.7. The van der Waals surface area contributed by atoms with Crippen LogP contribution in [0.1, 0.15) is 50.5 Å². The summed E-state index contributed by atoms with van der Waals surface area (Å²) in [5.41, 5.74) is 1.72. The number of carbonyl (C=O) groups is 1. The quantitative estimate of drug-likeness (QED) is 0.692. The first-order chi connectivity index (χ1) is 10.3. The first-order valence-corrected chi connectivity index (χ1v) is 7.54. The Bertz CT molecular complexity index is 504. The van der Waals surface area contributed by atoms with Crippen LogP contribution in [0.5, 0.6) is 5.75 Å². The van der Waals surface area contributed by atoms with Crippen LogP contribution in [0.4, 0.5) is 0 Å². The van der Waals surface area contributed by atoms with Crippen LogP contribution in [-0.2, 0) is 6.61 Å². The van der Waals surface area contributed by atoms with Gasteiger partial charge in [-0.05, 0) is 24.6 Å². The lowest BCUT2D eigenvalue weighted by Crippen LogP contribution is -2.01. The van der Waals surface area contributed by atoms with Crippen molar-refractivity contribution in [1.29, 1.82) is 0 Å². The van der Waals surface area contributed by atoms with Crippen molar-refractivity contribution in [2.24, 2.45) is 0 Å². The molecule has 21 heavy (non-hydrogen) atoms. The normalized spacial score (nSPS) is 8.62. The summed E-state index contributed by atoms with van der Waals surface area (Å²) in [5.74, 6) is 0.664. The number of ether oxygens (including phenoxy) is 1. The molecule has 2 rings (SSSR count). The molecular weight excluding hydrogens is 260 g/mol. The number of carbonyl (C=O) groups excluding carboxylic acids is 1. The Balaban J connectivity index is 0.000000921. The van der Waals surface area contributed by atoms with Gasteiger partial charge in [-0.3, -0.25) is 4.79 Å². The molecule has 0 aliphatic carbocycles. The van der Waals surface area contributed by atoms with E-state index in [4.69, 9.17) is 4.74 Å². The van der Waals surface area contributed by atoms with E-state index in [2.05, 4.69) is 0 Å². The molecule has 0 saturated heterocycles. The maximum Gasteiger partial charge on any atom is 0.163 e. The summed E-state index contributed by atoms with van der Waals surface area (Å²) in [7, 11) is 0. The second-order valence-corrected chi connectivity index (χ2v) is 3.83. The van der Waals surface area contributed by atoms with E-state index in [1.165, 1.54) is 0 Å². The fraction of sp³-hybridized carbons (Fsp3) is 0.316. The van der Waals surface area contributed by atoms with Crippen molar-refractivity contribution in [3.63, 3.8) is 0 Å². The third kappa shape index (κ3) is 6.75. The van der Waals surface area contributed by atoms with Crippen molar-refractivity contribution in [1.82, 2.24) is 0 Å². The number of ketones is 1. The van der Waals surface area contributed by atoms with Gasteiger partial charge in [0.25, 0.3) is 0 Å². The molecule has 0 aliphatic rings. The average molecular weight is 286 g/mol. The number of Topliss-reactive ketones (excluding diaryl/α,β-unsaturated/α-hetero) is 1. The van der Waals surface area contributed by atoms with Crippen LogP contribution in [0.2, 0.25) is 0 Å². The monoisotopic (exact) mass is 286 g/mol. The lowest BCUT2D eigenvalue weighted by Gasteiger charge is -2.09. The van der Waals surface area contributed by atoms with E-state index in [0.29, 0.717) is 17.9 Å². The van der Waals surface area contributed by atoms with Gasteiger partial charge in [0.1, 0.15) is 12.4 Å². The highest BCUT2D eigenvalue weighted by Gasteiger charge is 2.06. The molecule has 2 heteroatoms. The predicted molar refractivity (Wildman–Crippen MR) is 89.9 cm³/mol. The minimum atomic E-state index is 0.0219. The minimum Gasteiger partial charge on any atom is -0.488 e. The summed E-state index contributed by atoms with van der Waals surface area (Å²) in [4.78, 5) is 11.4. The van der Waals surface area contributed by atoms with Crippen molar-refractivity contribution in [3.05, 3.63) is 65.7 Å². The molecule has 0 radical (unpaired) electrons. The van der Waals surface area contributed by atoms with Gasteiger partial charge in [-0.2, -0.15) is 0 Å². The third-order valence-corrected chi connectivity index (χ3v) is 2.50. The van der Waals surface area contributed by atoms with Crippen LogP contribution in [0.15, 0.2) is 54.6 Å². The maximum absolute atomic E-state index is 11.4. The Morgan fingerprint density at radius 2 is 1.38 bits per heavy atom. The van der Waals surface area contributed by atoms with Crippen LogP contribution in [0.25, 0.3) is 0 Å². The van der Waals surface area contributed by atoms with Gasteiger partial charge in [-0.25, -0.2) is 0 Å². The maximum atomic E-state index is 11.4. The molecule has 0 fully saturated rings. The van der Waals surface area contributed by atoms with E-state index >= 15 is 0 Å². The Morgan fingerprint density at radius 3 is 1.95 bits per heavy atom. The molecule has 0 atom stereocenters. The fourth-order valence-corrected chi connectivity index (χ4v) is 1.62. The second kappa shape index (κ2) is 11.7. The number of rotatable bonds is 4. The molecule has 0 saturated carbocycles. The van der Waals surface area contributed by atoms with Crippen molar-refractivity contribution in [2.45, 2.75) is 41.2 Å². The van der Waals surface area contributed by atoms with Gasteiger partial charge < -0.3 is 4.74 Å². The van der Waals surface area contributed by atoms with Gasteiger partial charge in [0.2, 0.25) is 0 Å². The Kier molecular flexibility index (Phi) is 10.5. The molecule has 0 amide bonds. The molecule has 0 N–H and O–H groups in total. The Labute approximate surface area is 128 Å². The topological polar surface area (TPSA) is 26.3 Å². The van der Waals surface area contributed by atoms with Crippen LogP contribution in [-0.4, -0.2) is 5.78 Å². The van der Waals surface area contributed by atoms with Crippen LogP contribution < -0.4 is 4.74 Å². The highest BCUT2D eigenvalue weighted by Crippen LogP contribution is 2.19. The number of para-hydroxylation sites is 1. The first-order valence-electron chi connectivity index (χ1n) is 7.54. The molecule has 0 aliphatic heterocycles. The Morgan fingerprint density at radius 1 is 0.857 bits per heavy atom. The van der Waals surface area contributed by atoms with E-state index in [1.54, 1.807) is 13.0 Å². The van der Waals surface area contributed by atoms with E-state index in [9.17, 15) is 4.79 Å². The van der Waals surface area contributed by atoms with Crippen LogP contribution in [0, 0.1) is 0 Å². The fourth-order valence-electron chi connectivity index (χ4n) is 1.62. The Hall–Kier alpha value is -2.09. The van der Waals surface area contributed by atoms with Crippen molar-refractivity contribution in [2.75, 3.05) is 0 Å². The van der Waals surface area contributed by atoms with Gasteiger partial charge in [0.05, 0.1) is 5.56 Å². The van der Waals surface area contributed by atoms with Crippen molar-refractivity contribution in [3.8, 4) is 5.75 Å². The number of benzene rings is 2. The predicted octanol–water partition coefficient (Wildman–Crippen LogP) is 5.52. The molecule has 0 aromatic heterocycles. The highest BCUT2D eigenvalue weighted by molar-refractivity contribution is 5.96. The summed E-state index contributed by atoms with van der Waals surface area (Å²) in [6.45, 7) is 10.0. The molecular formula is C19H26O2. The van der Waals surface area contributed by atoms with Crippen LogP contribution in [0.3, 0.4) is 0 Å². The van der Waals surface area contributed by atoms with Gasteiger partial charge in [-0.15, -0.1) is 0 Å². The van der Waals surface area contributed by atoms with E-state index in [1.807, 2.05) is 76.2 Å². The van der Waals surface area contributed by atoms with E-state index in [-0.39, 0.29) is 5.78 Å². The largest absolute Gasteiger partial charge is 0.488 e. The zero-order valence-electron chi connectivity index (χ0n) is 13.7. The molecule has 114 valence electrons. The van der Waals surface area contributed by atoms with Gasteiger partial charge >= 0.3 is 0 Å². The lowest BCUT2D eigenvalue weighted by atomic mass is 10.1. The third-order valence-electron chi connectivity index (χ3n) is 2.50. The van der Waals surface area contributed by atoms with Crippen LogP contribution >= 0.6 is 0 Å². The first kappa shape index (κ1) is 18.9. The van der Waals surface area contributed by atoms with E-state index < -0.39 is 0 Å². The summed E-state index contributed by atoms with van der Waals surface area (Å²) in [5, 5.41) is 0. The second-order valence-electron chi connectivity index (χ2n) is 3.83. The van der Waals surface area contributed by atoms with Crippen molar-refractivity contribution < 1.29 is 9.53 Å². The van der Waals surface area contributed by atoms with E-state index in [0.717, 1.165) is 5.56 Å². The summed E-state index contributed by atoms with van der Waals surface area (Å²) < 4.78 is 5.66. The number of hydrogen-bond donors (Lipinski definition) is 0. The summed E-state index contributed by atoms with van der Waals surface area (Å²) >= 11 is 0. The molecule has 2 aromatic rings. The van der Waals surface area contributed by atoms with Gasteiger partial charge in [0.15, 0.2) is 5.78 Å². The highest BCUT2D eigenvalue weighted by atomic mass is 16.5. The molecule has 2 nitrogen and oxygen atoms in total. The zero-order chi connectivity index (χ0) is 16.1. The van der Waals surface area contributed by atoms with Crippen molar-refractivity contribution >= 4 is 5.78 Å². The summed E-state index contributed by atoms with van der Waals surface area (Å²) in [6, 6.07) is 17.2. The van der Waals surface area contributed by atoms with Gasteiger partial charge in [0, 0.05) is 0 Å². The molecule has 0 heterocycles. The molecule has 0 spiro atoms. The standard InChI is InChI=1S/C15H14O2.2C2H6/c1-12(16)14-9-5-6-10-15(14)17-11-13-7-3-2-4-8-13;2*1-2/h2-10H,11H2,1H3;2*1-2H3. The summed E-state index contributed by atoms with van der Waals surface area (Å²) in [6.07, 6.45) is 0. The lowest BCUT2D eigenvalue weighted by molar-refractivity contribution is 0.101.